The largest absolute Gasteiger partial charge is 0.465 e. The zero-order valence-corrected chi connectivity index (χ0v) is 14.4. The first kappa shape index (κ1) is 16.1. The summed E-state index contributed by atoms with van der Waals surface area (Å²) in [5, 5.41) is 5.62. The quantitative estimate of drug-likeness (QED) is 0.512. The van der Waals surface area contributed by atoms with Crippen LogP contribution in [0.3, 0.4) is 0 Å². The Hall–Kier alpha value is -3.40. The molecule has 0 N–H and O–H groups in total. The van der Waals surface area contributed by atoms with Crippen molar-refractivity contribution in [3.63, 3.8) is 0 Å². The van der Waals surface area contributed by atoms with Crippen LogP contribution >= 0.6 is 0 Å². The molecule has 0 radical (unpaired) electrons. The van der Waals surface area contributed by atoms with E-state index in [-0.39, 0.29) is 5.97 Å². The Bertz CT molecular complexity index is 1080. The number of esters is 1. The standard InChI is InChI=1S/C22H18N2O2/c1-26-22(25)20-11-4-3-10-19(20)17-9-6-7-16(13-17)15-24-21-12-5-2-8-18(21)14-23-24/h2-14H,15H2,1H3. The SMILES string of the molecule is COC(=O)c1ccccc1-c1cccc(Cn2ncc3ccccc32)c1. The van der Waals surface area contributed by atoms with Gasteiger partial charge in [-0.3, -0.25) is 4.68 Å². The van der Waals surface area contributed by atoms with E-state index in [1.54, 1.807) is 6.07 Å². The lowest BCUT2D eigenvalue weighted by atomic mass is 9.98. The van der Waals surface area contributed by atoms with Gasteiger partial charge in [0, 0.05) is 5.39 Å². The number of para-hydroxylation sites is 1. The summed E-state index contributed by atoms with van der Waals surface area (Å²) >= 11 is 0. The number of aromatic nitrogens is 2. The normalized spacial score (nSPS) is 10.8. The van der Waals surface area contributed by atoms with Gasteiger partial charge in [-0.05, 0) is 34.9 Å². The number of nitrogens with zero attached hydrogens (tertiary/aromatic N) is 2. The summed E-state index contributed by atoms with van der Waals surface area (Å²) in [6.45, 7) is 0.668. The minimum Gasteiger partial charge on any atom is -0.465 e. The Balaban J connectivity index is 1.71. The Morgan fingerprint density at radius 2 is 1.81 bits per heavy atom. The first-order valence-electron chi connectivity index (χ1n) is 8.43. The molecule has 0 unspecified atom stereocenters. The van der Waals surface area contributed by atoms with Gasteiger partial charge in [-0.15, -0.1) is 0 Å². The number of carbonyl (C=O) groups is 1. The van der Waals surface area contributed by atoms with Crippen LogP contribution in [0.15, 0.2) is 79.0 Å². The van der Waals surface area contributed by atoms with Gasteiger partial charge in [0.2, 0.25) is 0 Å². The van der Waals surface area contributed by atoms with E-state index in [1.165, 1.54) is 7.11 Å². The number of ether oxygens (including phenoxy) is 1. The van der Waals surface area contributed by atoms with E-state index in [0.717, 1.165) is 27.6 Å². The van der Waals surface area contributed by atoms with Gasteiger partial charge in [-0.2, -0.15) is 5.10 Å². The molecule has 0 aliphatic rings. The molecule has 4 heteroatoms. The zero-order valence-electron chi connectivity index (χ0n) is 14.4. The molecule has 0 saturated heterocycles. The van der Waals surface area contributed by atoms with Crippen molar-refractivity contribution in [2.75, 3.05) is 7.11 Å². The molecule has 0 saturated carbocycles. The minimum atomic E-state index is -0.330. The van der Waals surface area contributed by atoms with Crippen molar-refractivity contribution in [1.82, 2.24) is 9.78 Å². The van der Waals surface area contributed by atoms with Crippen molar-refractivity contribution in [2.24, 2.45) is 0 Å². The fourth-order valence-corrected chi connectivity index (χ4v) is 3.18. The van der Waals surface area contributed by atoms with Crippen molar-refractivity contribution < 1.29 is 9.53 Å². The molecular formula is C22H18N2O2. The van der Waals surface area contributed by atoms with Crippen molar-refractivity contribution in [1.29, 1.82) is 0 Å². The molecule has 1 heterocycles. The van der Waals surface area contributed by atoms with Gasteiger partial charge in [0.25, 0.3) is 0 Å². The third kappa shape index (κ3) is 2.97. The minimum absolute atomic E-state index is 0.330. The van der Waals surface area contributed by atoms with E-state index in [9.17, 15) is 4.79 Å². The summed E-state index contributed by atoms with van der Waals surface area (Å²) in [4.78, 5) is 12.1. The van der Waals surface area contributed by atoms with E-state index in [4.69, 9.17) is 4.74 Å². The average molecular weight is 342 g/mol. The fourth-order valence-electron chi connectivity index (χ4n) is 3.18. The summed E-state index contributed by atoms with van der Waals surface area (Å²) in [6.07, 6.45) is 1.88. The zero-order chi connectivity index (χ0) is 17.9. The molecule has 0 aliphatic carbocycles. The van der Waals surface area contributed by atoms with E-state index in [2.05, 4.69) is 29.4 Å². The fraction of sp³-hybridized carbons (Fsp3) is 0.0909. The maximum Gasteiger partial charge on any atom is 0.338 e. The van der Waals surface area contributed by atoms with Crippen molar-refractivity contribution in [3.05, 3.63) is 90.1 Å². The summed E-state index contributed by atoms with van der Waals surface area (Å²) in [5.41, 5.74) is 4.65. The number of benzene rings is 3. The molecule has 4 nitrogen and oxygen atoms in total. The highest BCUT2D eigenvalue weighted by Crippen LogP contribution is 2.26. The monoisotopic (exact) mass is 342 g/mol. The molecule has 0 spiro atoms. The molecule has 0 aliphatic heterocycles. The molecule has 0 fully saturated rings. The van der Waals surface area contributed by atoms with Gasteiger partial charge in [-0.1, -0.05) is 54.6 Å². The number of hydrogen-bond acceptors (Lipinski definition) is 3. The molecule has 0 bridgehead atoms. The molecule has 4 aromatic rings. The number of rotatable bonds is 4. The molecular weight excluding hydrogens is 324 g/mol. The second kappa shape index (κ2) is 6.84. The maximum atomic E-state index is 12.1. The average Bonchev–Trinajstić information content (AvgIpc) is 3.10. The van der Waals surface area contributed by atoms with Crippen LogP contribution in [-0.2, 0) is 11.3 Å². The molecule has 4 rings (SSSR count). The Morgan fingerprint density at radius 1 is 1.00 bits per heavy atom. The third-order valence-electron chi connectivity index (χ3n) is 4.45. The number of hydrogen-bond donors (Lipinski definition) is 0. The summed E-state index contributed by atoms with van der Waals surface area (Å²) in [5.74, 6) is -0.330. The smallest absolute Gasteiger partial charge is 0.338 e. The number of fused-ring (bicyclic) bond motifs is 1. The van der Waals surface area contributed by atoms with Gasteiger partial charge >= 0.3 is 5.97 Å². The second-order valence-electron chi connectivity index (χ2n) is 6.10. The lowest BCUT2D eigenvalue weighted by Crippen LogP contribution is -2.04. The van der Waals surface area contributed by atoms with Crippen molar-refractivity contribution in [3.8, 4) is 11.1 Å². The summed E-state index contributed by atoms with van der Waals surface area (Å²) in [6, 6.07) is 23.8. The molecule has 0 atom stereocenters. The lowest BCUT2D eigenvalue weighted by molar-refractivity contribution is 0.0601. The highest BCUT2D eigenvalue weighted by atomic mass is 16.5. The Kier molecular flexibility index (Phi) is 4.23. The van der Waals surface area contributed by atoms with Gasteiger partial charge < -0.3 is 4.74 Å². The van der Waals surface area contributed by atoms with Crippen LogP contribution < -0.4 is 0 Å². The van der Waals surface area contributed by atoms with Gasteiger partial charge in [0.15, 0.2) is 0 Å². The van der Waals surface area contributed by atoms with Crippen LogP contribution in [0.25, 0.3) is 22.0 Å². The first-order valence-corrected chi connectivity index (χ1v) is 8.43. The van der Waals surface area contributed by atoms with E-state index < -0.39 is 0 Å². The van der Waals surface area contributed by atoms with Crippen LogP contribution in [0, 0.1) is 0 Å². The van der Waals surface area contributed by atoms with Crippen LogP contribution in [0.4, 0.5) is 0 Å². The Labute approximate surface area is 151 Å². The second-order valence-corrected chi connectivity index (χ2v) is 6.10. The Morgan fingerprint density at radius 3 is 2.69 bits per heavy atom. The first-order chi connectivity index (χ1) is 12.8. The van der Waals surface area contributed by atoms with Crippen LogP contribution in [0.2, 0.25) is 0 Å². The van der Waals surface area contributed by atoms with Crippen molar-refractivity contribution >= 4 is 16.9 Å². The van der Waals surface area contributed by atoms with Crippen LogP contribution in [0.1, 0.15) is 15.9 Å². The topological polar surface area (TPSA) is 44.1 Å². The van der Waals surface area contributed by atoms with Gasteiger partial charge in [0.1, 0.15) is 0 Å². The molecule has 3 aromatic carbocycles. The highest BCUT2D eigenvalue weighted by Gasteiger charge is 2.13. The van der Waals surface area contributed by atoms with Crippen LogP contribution in [-0.4, -0.2) is 22.9 Å². The maximum absolute atomic E-state index is 12.1. The van der Waals surface area contributed by atoms with Crippen LogP contribution in [0.5, 0.6) is 0 Å². The highest BCUT2D eigenvalue weighted by molar-refractivity contribution is 5.97. The molecule has 1 aromatic heterocycles. The number of methoxy groups -OCH3 is 1. The molecule has 128 valence electrons. The molecule has 26 heavy (non-hydrogen) atoms. The predicted molar refractivity (Wildman–Crippen MR) is 102 cm³/mol. The van der Waals surface area contributed by atoms with Gasteiger partial charge in [-0.25, -0.2) is 4.79 Å². The van der Waals surface area contributed by atoms with E-state index >= 15 is 0 Å². The summed E-state index contributed by atoms with van der Waals surface area (Å²) < 4.78 is 6.90. The lowest BCUT2D eigenvalue weighted by Gasteiger charge is -2.10. The number of carbonyl (C=O) groups excluding carboxylic acids is 1. The van der Waals surface area contributed by atoms with Crippen molar-refractivity contribution in [2.45, 2.75) is 6.54 Å². The predicted octanol–water partition coefficient (Wildman–Crippen LogP) is 4.54. The van der Waals surface area contributed by atoms with Gasteiger partial charge in [0.05, 0.1) is 30.9 Å². The van der Waals surface area contributed by atoms with E-state index in [1.807, 2.05) is 53.3 Å². The molecule has 0 amide bonds. The van der Waals surface area contributed by atoms with E-state index in [0.29, 0.717) is 12.1 Å². The third-order valence-corrected chi connectivity index (χ3v) is 4.45. The summed E-state index contributed by atoms with van der Waals surface area (Å²) in [7, 11) is 1.40.